The van der Waals surface area contributed by atoms with E-state index in [0.29, 0.717) is 21.7 Å². The molecule has 0 saturated carbocycles. The molecule has 3 aromatic carbocycles. The Labute approximate surface area is 209 Å². The molecule has 5 nitrogen and oxygen atoms in total. The lowest BCUT2D eigenvalue weighted by atomic mass is 10.1. The van der Waals surface area contributed by atoms with Gasteiger partial charge in [0.05, 0.1) is 21.9 Å². The fourth-order valence-electron chi connectivity index (χ4n) is 3.28. The van der Waals surface area contributed by atoms with Crippen LogP contribution in [0, 0.1) is 0 Å². The molecule has 0 aromatic heterocycles. The molecule has 11 heteroatoms. The van der Waals surface area contributed by atoms with Crippen LogP contribution in [-0.2, 0) is 27.5 Å². The SMILES string of the molecule is O=C1/C(=C/c2ccc(S(=O)(=O)Nc3ccccc3)cc2)SC(=S)N1Cc1cccc(C(F)(F)F)c1. The van der Waals surface area contributed by atoms with Crippen LogP contribution in [-0.4, -0.2) is 23.5 Å². The summed E-state index contributed by atoms with van der Waals surface area (Å²) in [5.74, 6) is -0.431. The van der Waals surface area contributed by atoms with Gasteiger partial charge in [-0.3, -0.25) is 14.4 Å². The van der Waals surface area contributed by atoms with E-state index in [4.69, 9.17) is 12.2 Å². The standard InChI is InChI=1S/C24H17F3N2O3S3/c25-24(26,27)18-6-4-5-17(13-18)15-29-22(30)21(34-23(29)33)14-16-9-11-20(12-10-16)35(31,32)28-19-7-2-1-3-8-19/h1-14,28H,15H2/b21-14-. The van der Waals surface area contributed by atoms with E-state index < -0.39 is 27.7 Å². The molecule has 0 spiro atoms. The first-order valence-corrected chi connectivity index (χ1v) is 12.8. The second-order valence-electron chi connectivity index (χ2n) is 7.51. The van der Waals surface area contributed by atoms with Crippen LogP contribution >= 0.6 is 24.0 Å². The zero-order valence-electron chi connectivity index (χ0n) is 17.8. The van der Waals surface area contributed by atoms with Crippen LogP contribution in [0.3, 0.4) is 0 Å². The number of carbonyl (C=O) groups excluding carboxylic acids is 1. The number of hydrogen-bond donors (Lipinski definition) is 1. The normalized spacial score (nSPS) is 15.6. The summed E-state index contributed by atoms with van der Waals surface area (Å²) in [4.78, 5) is 14.4. The van der Waals surface area contributed by atoms with Crippen molar-refractivity contribution in [1.82, 2.24) is 4.90 Å². The molecule has 3 aromatic rings. The van der Waals surface area contributed by atoms with E-state index in [9.17, 15) is 26.4 Å². The number of nitrogens with zero attached hydrogens (tertiary/aromatic N) is 1. The van der Waals surface area contributed by atoms with Gasteiger partial charge in [-0.2, -0.15) is 13.2 Å². The molecule has 35 heavy (non-hydrogen) atoms. The zero-order valence-corrected chi connectivity index (χ0v) is 20.3. The third-order valence-corrected chi connectivity index (χ3v) is 7.76. The number of thioether (sulfide) groups is 1. The highest BCUT2D eigenvalue weighted by Crippen LogP contribution is 2.35. The van der Waals surface area contributed by atoms with E-state index in [1.807, 2.05) is 0 Å². The number of nitrogens with one attached hydrogen (secondary N) is 1. The van der Waals surface area contributed by atoms with Crippen LogP contribution in [0.1, 0.15) is 16.7 Å². The van der Waals surface area contributed by atoms with Crippen molar-refractivity contribution in [3.63, 3.8) is 0 Å². The molecule has 0 unspecified atom stereocenters. The second-order valence-corrected chi connectivity index (χ2v) is 10.9. The summed E-state index contributed by atoms with van der Waals surface area (Å²) in [6.45, 7) is -0.0890. The predicted octanol–water partition coefficient (Wildman–Crippen LogP) is 5.91. The van der Waals surface area contributed by atoms with Gasteiger partial charge >= 0.3 is 6.18 Å². The monoisotopic (exact) mass is 534 g/mol. The minimum absolute atomic E-state index is 0.0515. The summed E-state index contributed by atoms with van der Waals surface area (Å²) in [6.07, 6.45) is -2.92. The van der Waals surface area contributed by atoms with Crippen molar-refractivity contribution >= 4 is 56.0 Å². The number of benzene rings is 3. The van der Waals surface area contributed by atoms with E-state index in [1.54, 1.807) is 48.5 Å². The first kappa shape index (κ1) is 25.0. The van der Waals surface area contributed by atoms with Crippen molar-refractivity contribution in [3.05, 3.63) is 100 Å². The lowest BCUT2D eigenvalue weighted by molar-refractivity contribution is -0.137. The van der Waals surface area contributed by atoms with Gasteiger partial charge in [0.25, 0.3) is 15.9 Å². The number of sulfonamides is 1. The molecular weight excluding hydrogens is 517 g/mol. The molecule has 1 aliphatic rings. The molecule has 1 amide bonds. The number of alkyl halides is 3. The molecule has 1 N–H and O–H groups in total. The minimum atomic E-state index is -4.48. The molecule has 180 valence electrons. The fraction of sp³-hybridized carbons (Fsp3) is 0.0833. The van der Waals surface area contributed by atoms with Crippen molar-refractivity contribution in [3.8, 4) is 0 Å². The molecule has 1 saturated heterocycles. The number of rotatable bonds is 6. The van der Waals surface area contributed by atoms with Crippen molar-refractivity contribution in [1.29, 1.82) is 0 Å². The molecule has 0 bridgehead atoms. The Morgan fingerprint density at radius 3 is 2.31 bits per heavy atom. The Morgan fingerprint density at radius 2 is 1.66 bits per heavy atom. The third-order valence-electron chi connectivity index (χ3n) is 4.98. The van der Waals surface area contributed by atoms with E-state index in [-0.39, 0.29) is 15.8 Å². The summed E-state index contributed by atoms with van der Waals surface area (Å²) >= 11 is 6.30. The van der Waals surface area contributed by atoms with E-state index >= 15 is 0 Å². The number of amides is 1. The van der Waals surface area contributed by atoms with Gasteiger partial charge < -0.3 is 0 Å². The topological polar surface area (TPSA) is 66.5 Å². The Hall–Kier alpha value is -3.15. The van der Waals surface area contributed by atoms with Gasteiger partial charge in [-0.05, 0) is 53.6 Å². The Morgan fingerprint density at radius 1 is 0.971 bits per heavy atom. The van der Waals surface area contributed by atoms with Crippen LogP contribution in [0.25, 0.3) is 6.08 Å². The highest BCUT2D eigenvalue weighted by atomic mass is 32.2. The highest BCUT2D eigenvalue weighted by Gasteiger charge is 2.34. The lowest BCUT2D eigenvalue weighted by Crippen LogP contribution is -2.27. The molecular formula is C24H17F3N2O3S3. The van der Waals surface area contributed by atoms with Crippen LogP contribution in [0.2, 0.25) is 0 Å². The van der Waals surface area contributed by atoms with Crippen LogP contribution < -0.4 is 4.72 Å². The van der Waals surface area contributed by atoms with Crippen molar-refractivity contribution in [2.24, 2.45) is 0 Å². The second kappa shape index (κ2) is 9.84. The first-order valence-electron chi connectivity index (χ1n) is 10.1. The van der Waals surface area contributed by atoms with Crippen LogP contribution in [0.15, 0.2) is 88.7 Å². The summed E-state index contributed by atoms with van der Waals surface area (Å²) in [5, 5.41) is 0. The highest BCUT2D eigenvalue weighted by molar-refractivity contribution is 8.26. The number of carbonyl (C=O) groups is 1. The molecule has 1 heterocycles. The van der Waals surface area contributed by atoms with E-state index in [1.165, 1.54) is 29.2 Å². The fourth-order valence-corrected chi connectivity index (χ4v) is 5.59. The molecule has 0 radical (unpaired) electrons. The summed E-state index contributed by atoms with van der Waals surface area (Å²) < 4.78 is 66.8. The predicted molar refractivity (Wildman–Crippen MR) is 134 cm³/mol. The van der Waals surface area contributed by atoms with Crippen molar-refractivity contribution in [2.75, 3.05) is 4.72 Å². The average molecular weight is 535 g/mol. The van der Waals surface area contributed by atoms with Gasteiger partial charge in [-0.1, -0.05) is 66.4 Å². The minimum Gasteiger partial charge on any atom is -0.288 e. The molecule has 4 rings (SSSR count). The molecule has 0 aliphatic carbocycles. The molecule has 1 fully saturated rings. The zero-order chi connectivity index (χ0) is 25.2. The maximum absolute atomic E-state index is 13.0. The first-order chi connectivity index (χ1) is 16.5. The lowest BCUT2D eigenvalue weighted by Gasteiger charge is -2.15. The van der Waals surface area contributed by atoms with Crippen molar-refractivity contribution in [2.45, 2.75) is 17.6 Å². The third kappa shape index (κ3) is 5.92. The van der Waals surface area contributed by atoms with Gasteiger partial charge in [0.1, 0.15) is 4.32 Å². The summed E-state index contributed by atoms with van der Waals surface area (Å²) in [6, 6.07) is 19.1. The van der Waals surface area contributed by atoms with Crippen LogP contribution in [0.5, 0.6) is 0 Å². The van der Waals surface area contributed by atoms with Gasteiger partial charge in [0.2, 0.25) is 0 Å². The number of halogens is 3. The number of thiocarbonyl (C=S) groups is 1. The van der Waals surface area contributed by atoms with E-state index in [0.717, 1.165) is 23.9 Å². The smallest absolute Gasteiger partial charge is 0.288 e. The largest absolute Gasteiger partial charge is 0.416 e. The Bertz CT molecular complexity index is 1410. The summed E-state index contributed by atoms with van der Waals surface area (Å²) in [7, 11) is -3.79. The number of hydrogen-bond acceptors (Lipinski definition) is 5. The van der Waals surface area contributed by atoms with Gasteiger partial charge in [-0.25, -0.2) is 8.42 Å². The maximum Gasteiger partial charge on any atom is 0.416 e. The van der Waals surface area contributed by atoms with Gasteiger partial charge in [0.15, 0.2) is 0 Å². The van der Waals surface area contributed by atoms with Gasteiger partial charge in [0, 0.05) is 5.69 Å². The number of anilines is 1. The molecule has 1 aliphatic heterocycles. The van der Waals surface area contributed by atoms with Gasteiger partial charge in [-0.15, -0.1) is 0 Å². The number of para-hydroxylation sites is 1. The summed E-state index contributed by atoms with van der Waals surface area (Å²) in [5.41, 5.74) is 0.509. The van der Waals surface area contributed by atoms with E-state index in [2.05, 4.69) is 4.72 Å². The van der Waals surface area contributed by atoms with Crippen molar-refractivity contribution < 1.29 is 26.4 Å². The molecule has 0 atom stereocenters. The van der Waals surface area contributed by atoms with Crippen LogP contribution in [0.4, 0.5) is 18.9 Å². The quantitative estimate of drug-likeness (QED) is 0.315. The maximum atomic E-state index is 13.0. The Balaban J connectivity index is 1.49. The average Bonchev–Trinajstić information content (AvgIpc) is 3.07. The Kier molecular flexibility index (Phi) is 7.02.